The maximum atomic E-state index is 12.1. The quantitative estimate of drug-likeness (QED) is 0.884. The second-order valence-corrected chi connectivity index (χ2v) is 5.07. The average Bonchev–Trinajstić information content (AvgIpc) is 2.85. The maximum absolute atomic E-state index is 12.1. The molecule has 1 amide bonds. The third-order valence-electron chi connectivity index (χ3n) is 2.99. The Morgan fingerprint density at radius 2 is 2.44 bits per heavy atom. The summed E-state index contributed by atoms with van der Waals surface area (Å²) in [6, 6.07) is 4.13. The van der Waals surface area contributed by atoms with Gasteiger partial charge in [0.1, 0.15) is 0 Å². The highest BCUT2D eigenvalue weighted by Crippen LogP contribution is 2.25. The minimum atomic E-state index is 0. The van der Waals surface area contributed by atoms with E-state index in [1.807, 2.05) is 22.4 Å². The molecular formula is C11H17ClN2OS. The topological polar surface area (TPSA) is 46.3 Å². The Bertz CT molecular complexity index is 342. The van der Waals surface area contributed by atoms with Gasteiger partial charge in [0.25, 0.3) is 5.91 Å². The predicted molar refractivity (Wildman–Crippen MR) is 69.2 cm³/mol. The monoisotopic (exact) mass is 260 g/mol. The number of hydrogen-bond donors (Lipinski definition) is 1. The van der Waals surface area contributed by atoms with Gasteiger partial charge in [0.05, 0.1) is 4.88 Å². The van der Waals surface area contributed by atoms with Gasteiger partial charge < -0.3 is 10.6 Å². The van der Waals surface area contributed by atoms with Crippen molar-refractivity contribution in [1.29, 1.82) is 0 Å². The Hall–Kier alpha value is -0.580. The van der Waals surface area contributed by atoms with E-state index < -0.39 is 0 Å². The summed E-state index contributed by atoms with van der Waals surface area (Å²) >= 11 is 1.51. The summed E-state index contributed by atoms with van der Waals surface area (Å²) in [5, 5.41) is 1.94. The van der Waals surface area contributed by atoms with Crippen LogP contribution in [-0.2, 0) is 0 Å². The van der Waals surface area contributed by atoms with Crippen LogP contribution in [0.1, 0.15) is 23.0 Å². The first-order valence-corrected chi connectivity index (χ1v) is 6.15. The predicted octanol–water partition coefficient (Wildman–Crippen LogP) is 1.98. The molecule has 1 fully saturated rings. The van der Waals surface area contributed by atoms with E-state index in [0.717, 1.165) is 17.8 Å². The van der Waals surface area contributed by atoms with Crippen LogP contribution in [0.4, 0.5) is 0 Å². The van der Waals surface area contributed by atoms with Crippen LogP contribution < -0.4 is 5.73 Å². The lowest BCUT2D eigenvalue weighted by Gasteiger charge is -2.20. The molecule has 2 heterocycles. The summed E-state index contributed by atoms with van der Waals surface area (Å²) in [6.07, 6.45) is 1.04. The summed E-state index contributed by atoms with van der Waals surface area (Å²) in [6.45, 7) is 3.59. The van der Waals surface area contributed by atoms with Crippen LogP contribution in [0.25, 0.3) is 0 Å². The number of likely N-dealkylation sites (tertiary alicyclic amines) is 1. The first-order valence-electron chi connectivity index (χ1n) is 5.27. The van der Waals surface area contributed by atoms with E-state index in [2.05, 4.69) is 6.92 Å². The third kappa shape index (κ3) is 2.56. The minimum Gasteiger partial charge on any atom is -0.335 e. The first kappa shape index (κ1) is 13.5. The van der Waals surface area contributed by atoms with E-state index in [9.17, 15) is 4.79 Å². The van der Waals surface area contributed by atoms with Gasteiger partial charge in [-0.15, -0.1) is 23.7 Å². The number of rotatable bonds is 2. The van der Waals surface area contributed by atoms with E-state index in [4.69, 9.17) is 5.73 Å². The lowest BCUT2D eigenvalue weighted by Crippen LogP contribution is -2.33. The molecule has 1 aliphatic rings. The van der Waals surface area contributed by atoms with Crippen LogP contribution in [0.3, 0.4) is 0 Å². The zero-order chi connectivity index (χ0) is 10.8. The number of carbonyl (C=O) groups is 1. The van der Waals surface area contributed by atoms with E-state index in [-0.39, 0.29) is 18.3 Å². The molecule has 0 spiro atoms. The molecule has 2 N–H and O–H groups in total. The van der Waals surface area contributed by atoms with Crippen LogP contribution in [0, 0.1) is 5.92 Å². The van der Waals surface area contributed by atoms with Crippen molar-refractivity contribution in [3.8, 4) is 0 Å². The first-order chi connectivity index (χ1) is 7.22. The molecule has 1 aromatic rings. The van der Waals surface area contributed by atoms with Gasteiger partial charge in [0.2, 0.25) is 0 Å². The Labute approximate surface area is 106 Å². The van der Waals surface area contributed by atoms with E-state index in [1.165, 1.54) is 11.3 Å². The fraction of sp³-hybridized carbons (Fsp3) is 0.545. The standard InChI is InChI=1S/C11H16N2OS.ClH/c1-8-5-9(6-12)7-13(8)11(14)10-3-2-4-15-10;/h2-4,8-9H,5-7,12H2,1H3;1H. The Kier molecular flexibility index (Phi) is 4.77. The molecule has 2 rings (SSSR count). The fourth-order valence-electron chi connectivity index (χ4n) is 2.14. The Morgan fingerprint density at radius 3 is 2.94 bits per heavy atom. The summed E-state index contributed by atoms with van der Waals surface area (Å²) in [7, 11) is 0. The molecule has 0 aromatic carbocycles. The molecule has 16 heavy (non-hydrogen) atoms. The highest BCUT2D eigenvalue weighted by atomic mass is 35.5. The normalized spacial score (nSPS) is 24.2. The number of nitrogens with two attached hydrogens (primary N) is 1. The number of thiophene rings is 1. The summed E-state index contributed by atoms with van der Waals surface area (Å²) in [5.41, 5.74) is 5.64. The molecule has 1 saturated heterocycles. The molecule has 1 aromatic heterocycles. The van der Waals surface area contributed by atoms with Gasteiger partial charge >= 0.3 is 0 Å². The average molecular weight is 261 g/mol. The molecule has 5 heteroatoms. The highest BCUT2D eigenvalue weighted by Gasteiger charge is 2.32. The molecule has 0 radical (unpaired) electrons. The largest absolute Gasteiger partial charge is 0.335 e. The van der Waals surface area contributed by atoms with Crippen molar-refractivity contribution >= 4 is 29.7 Å². The van der Waals surface area contributed by atoms with Gasteiger partial charge in [-0.05, 0) is 37.3 Å². The molecule has 90 valence electrons. The molecule has 3 nitrogen and oxygen atoms in total. The molecule has 0 bridgehead atoms. The van der Waals surface area contributed by atoms with Gasteiger partial charge in [-0.25, -0.2) is 0 Å². The van der Waals surface area contributed by atoms with Crippen molar-refractivity contribution in [2.75, 3.05) is 13.1 Å². The fourth-order valence-corrected chi connectivity index (χ4v) is 2.82. The van der Waals surface area contributed by atoms with Crippen LogP contribution in [0.2, 0.25) is 0 Å². The van der Waals surface area contributed by atoms with Crippen molar-refractivity contribution in [3.63, 3.8) is 0 Å². The molecule has 2 atom stereocenters. The van der Waals surface area contributed by atoms with Crippen molar-refractivity contribution in [2.24, 2.45) is 11.7 Å². The molecular weight excluding hydrogens is 244 g/mol. The molecule has 1 aliphatic heterocycles. The zero-order valence-corrected chi connectivity index (χ0v) is 10.9. The number of carbonyl (C=O) groups excluding carboxylic acids is 1. The van der Waals surface area contributed by atoms with Crippen molar-refractivity contribution in [3.05, 3.63) is 22.4 Å². The number of halogens is 1. The highest BCUT2D eigenvalue weighted by molar-refractivity contribution is 7.12. The van der Waals surface area contributed by atoms with Crippen LogP contribution in [0.5, 0.6) is 0 Å². The number of amides is 1. The number of nitrogens with zero attached hydrogens (tertiary/aromatic N) is 1. The summed E-state index contributed by atoms with van der Waals surface area (Å²) in [5.74, 6) is 0.636. The van der Waals surface area contributed by atoms with E-state index >= 15 is 0 Å². The molecule has 2 unspecified atom stereocenters. The summed E-state index contributed by atoms with van der Waals surface area (Å²) in [4.78, 5) is 14.9. The lowest BCUT2D eigenvalue weighted by molar-refractivity contribution is 0.0748. The second-order valence-electron chi connectivity index (χ2n) is 4.12. The zero-order valence-electron chi connectivity index (χ0n) is 9.26. The van der Waals surface area contributed by atoms with E-state index in [0.29, 0.717) is 18.5 Å². The van der Waals surface area contributed by atoms with Gasteiger partial charge in [-0.2, -0.15) is 0 Å². The van der Waals surface area contributed by atoms with Crippen LogP contribution >= 0.6 is 23.7 Å². The lowest BCUT2D eigenvalue weighted by atomic mass is 10.1. The SMILES string of the molecule is CC1CC(CN)CN1C(=O)c1cccs1.Cl. The maximum Gasteiger partial charge on any atom is 0.264 e. The van der Waals surface area contributed by atoms with Crippen LogP contribution in [-0.4, -0.2) is 29.9 Å². The Balaban J connectivity index is 0.00000128. The smallest absolute Gasteiger partial charge is 0.264 e. The van der Waals surface area contributed by atoms with Gasteiger partial charge in [0, 0.05) is 12.6 Å². The minimum absolute atomic E-state index is 0. The number of hydrogen-bond acceptors (Lipinski definition) is 3. The second kappa shape index (κ2) is 5.66. The van der Waals surface area contributed by atoms with E-state index in [1.54, 1.807) is 0 Å². The van der Waals surface area contributed by atoms with Crippen molar-refractivity contribution in [1.82, 2.24) is 4.90 Å². The van der Waals surface area contributed by atoms with Crippen molar-refractivity contribution < 1.29 is 4.79 Å². The Morgan fingerprint density at radius 1 is 1.69 bits per heavy atom. The molecule has 0 saturated carbocycles. The van der Waals surface area contributed by atoms with Crippen LogP contribution in [0.15, 0.2) is 17.5 Å². The van der Waals surface area contributed by atoms with Gasteiger partial charge in [-0.1, -0.05) is 6.07 Å². The van der Waals surface area contributed by atoms with Gasteiger partial charge in [-0.3, -0.25) is 4.79 Å². The third-order valence-corrected chi connectivity index (χ3v) is 3.85. The van der Waals surface area contributed by atoms with Gasteiger partial charge in [0.15, 0.2) is 0 Å². The van der Waals surface area contributed by atoms with Crippen molar-refractivity contribution in [2.45, 2.75) is 19.4 Å². The molecule has 0 aliphatic carbocycles. The summed E-state index contributed by atoms with van der Waals surface area (Å²) < 4.78 is 0.